The second-order valence-corrected chi connectivity index (χ2v) is 7.00. The Morgan fingerprint density at radius 3 is 1.30 bits per heavy atom. The molecule has 158 valence electrons. The van der Waals surface area contributed by atoms with E-state index >= 15 is 0 Å². The van der Waals surface area contributed by atoms with E-state index in [9.17, 15) is 9.59 Å². The van der Waals surface area contributed by atoms with E-state index in [4.69, 9.17) is 28.4 Å². The Kier molecular flexibility index (Phi) is 5.15. The Hall–Kier alpha value is -3.42. The zero-order valence-corrected chi connectivity index (χ0v) is 17.0. The number of hydrogen-bond donors (Lipinski definition) is 0. The van der Waals surface area contributed by atoms with E-state index in [0.717, 1.165) is 0 Å². The number of esters is 2. The first-order valence-corrected chi connectivity index (χ1v) is 9.37. The molecule has 30 heavy (non-hydrogen) atoms. The fraction of sp³-hybridized carbons (Fsp3) is 0.364. The molecule has 0 unspecified atom stereocenters. The Morgan fingerprint density at radius 2 is 0.967 bits per heavy atom. The maximum absolute atomic E-state index is 12.8. The molecular weight excluding hydrogens is 392 g/mol. The van der Waals surface area contributed by atoms with Crippen LogP contribution < -0.4 is 18.9 Å². The number of benzene rings is 2. The third-order valence-corrected chi connectivity index (χ3v) is 5.54. The predicted octanol–water partition coefficient (Wildman–Crippen LogP) is 2.85. The number of carbonyl (C=O) groups is 2. The lowest BCUT2D eigenvalue weighted by Crippen LogP contribution is -2.19. The molecule has 4 atom stereocenters. The first-order valence-electron chi connectivity index (χ1n) is 9.37. The van der Waals surface area contributed by atoms with Crippen LogP contribution in [-0.2, 0) is 19.1 Å². The SMILES string of the molecule is COc1ccc([C@@H]2OC(=O)[C@H]3[C@@H]2C(=O)O[C@H]3c2ccc(OC)c(OC)c2)cc1OC. The average molecular weight is 414 g/mol. The minimum atomic E-state index is -0.764. The Balaban J connectivity index is 1.68. The molecule has 2 heterocycles. The van der Waals surface area contributed by atoms with Crippen LogP contribution in [0.15, 0.2) is 36.4 Å². The van der Waals surface area contributed by atoms with Gasteiger partial charge >= 0.3 is 11.9 Å². The van der Waals surface area contributed by atoms with Crippen LogP contribution in [0.5, 0.6) is 23.0 Å². The average Bonchev–Trinajstić information content (AvgIpc) is 3.30. The highest BCUT2D eigenvalue weighted by atomic mass is 16.6. The summed E-state index contributed by atoms with van der Waals surface area (Å²) < 4.78 is 32.4. The van der Waals surface area contributed by atoms with Crippen molar-refractivity contribution in [2.24, 2.45) is 11.8 Å². The standard InChI is InChI=1S/C22H22O8/c1-25-13-7-5-11(9-15(13)27-3)19-17-18(22(24)29-19)20(30-21(17)23)12-6-8-14(26-2)16(10-12)28-4/h5-10,17-20H,1-4H3/t17-,18-,19-,20-/m0/s1. The van der Waals surface area contributed by atoms with Gasteiger partial charge in [0.1, 0.15) is 24.0 Å². The van der Waals surface area contributed by atoms with Crippen molar-refractivity contribution in [3.05, 3.63) is 47.5 Å². The van der Waals surface area contributed by atoms with E-state index in [1.165, 1.54) is 28.4 Å². The molecule has 2 aliphatic rings. The first kappa shape index (κ1) is 19.9. The lowest BCUT2D eigenvalue weighted by atomic mass is 9.84. The Morgan fingerprint density at radius 1 is 0.600 bits per heavy atom. The summed E-state index contributed by atoms with van der Waals surface area (Å²) in [6.45, 7) is 0. The van der Waals surface area contributed by atoms with Crippen LogP contribution in [0.2, 0.25) is 0 Å². The quantitative estimate of drug-likeness (QED) is 0.667. The second-order valence-electron chi connectivity index (χ2n) is 7.00. The number of hydrogen-bond acceptors (Lipinski definition) is 8. The second kappa shape index (κ2) is 7.78. The highest BCUT2D eigenvalue weighted by Crippen LogP contribution is 2.52. The first-order chi connectivity index (χ1) is 14.5. The van der Waals surface area contributed by atoms with Crippen LogP contribution in [0.3, 0.4) is 0 Å². The number of ether oxygens (including phenoxy) is 6. The van der Waals surface area contributed by atoms with Crippen LogP contribution in [0.1, 0.15) is 23.3 Å². The lowest BCUT2D eigenvalue weighted by Gasteiger charge is -2.17. The molecule has 2 fully saturated rings. The van der Waals surface area contributed by atoms with Crippen LogP contribution in [0.4, 0.5) is 0 Å². The molecule has 0 aliphatic carbocycles. The van der Waals surface area contributed by atoms with Crippen LogP contribution in [0.25, 0.3) is 0 Å². The van der Waals surface area contributed by atoms with Crippen LogP contribution in [-0.4, -0.2) is 40.4 Å². The molecule has 0 radical (unpaired) electrons. The van der Waals surface area contributed by atoms with Crippen molar-refractivity contribution in [3.63, 3.8) is 0 Å². The molecule has 2 aromatic carbocycles. The minimum Gasteiger partial charge on any atom is -0.493 e. The van der Waals surface area contributed by atoms with Gasteiger partial charge in [-0.05, 0) is 35.4 Å². The normalized spacial score (nSPS) is 24.7. The largest absolute Gasteiger partial charge is 0.493 e. The van der Waals surface area contributed by atoms with E-state index in [0.29, 0.717) is 34.1 Å². The molecule has 2 saturated heterocycles. The molecule has 0 spiro atoms. The highest BCUT2D eigenvalue weighted by Gasteiger charge is 2.60. The zero-order chi connectivity index (χ0) is 21.4. The van der Waals surface area contributed by atoms with Crippen molar-refractivity contribution in [1.29, 1.82) is 0 Å². The van der Waals surface area contributed by atoms with E-state index < -0.39 is 36.0 Å². The van der Waals surface area contributed by atoms with Gasteiger partial charge in [0, 0.05) is 0 Å². The zero-order valence-electron chi connectivity index (χ0n) is 17.0. The summed E-state index contributed by atoms with van der Waals surface area (Å²) in [6.07, 6.45) is -1.53. The topological polar surface area (TPSA) is 89.5 Å². The summed E-state index contributed by atoms with van der Waals surface area (Å²) in [6, 6.07) is 10.3. The highest BCUT2D eigenvalue weighted by molar-refractivity contribution is 5.89. The fourth-order valence-electron chi connectivity index (χ4n) is 4.08. The van der Waals surface area contributed by atoms with Gasteiger partial charge in [-0.3, -0.25) is 9.59 Å². The number of rotatable bonds is 6. The molecule has 0 saturated carbocycles. The lowest BCUT2D eigenvalue weighted by molar-refractivity contribution is -0.154. The summed E-state index contributed by atoms with van der Waals surface area (Å²) in [5.74, 6) is -0.425. The van der Waals surface area contributed by atoms with Gasteiger partial charge in [0.05, 0.1) is 28.4 Å². The van der Waals surface area contributed by atoms with Crippen molar-refractivity contribution in [2.75, 3.05) is 28.4 Å². The monoisotopic (exact) mass is 414 g/mol. The maximum Gasteiger partial charge on any atom is 0.314 e. The smallest absolute Gasteiger partial charge is 0.314 e. The van der Waals surface area contributed by atoms with Gasteiger partial charge in [-0.1, -0.05) is 12.1 Å². The fourth-order valence-corrected chi connectivity index (χ4v) is 4.08. The molecule has 4 rings (SSSR count). The van der Waals surface area contributed by atoms with E-state index in [2.05, 4.69) is 0 Å². The van der Waals surface area contributed by atoms with Gasteiger partial charge in [-0.15, -0.1) is 0 Å². The third-order valence-electron chi connectivity index (χ3n) is 5.54. The van der Waals surface area contributed by atoms with E-state index in [1.807, 2.05) is 0 Å². The maximum atomic E-state index is 12.8. The molecule has 8 nitrogen and oxygen atoms in total. The summed E-state index contributed by atoms with van der Waals surface area (Å²) in [5.41, 5.74) is 1.27. The number of methoxy groups -OCH3 is 4. The van der Waals surface area contributed by atoms with E-state index in [-0.39, 0.29) is 0 Å². The summed E-state index contributed by atoms with van der Waals surface area (Å²) in [5, 5.41) is 0. The predicted molar refractivity (Wildman–Crippen MR) is 104 cm³/mol. The van der Waals surface area contributed by atoms with Gasteiger partial charge in [0.25, 0.3) is 0 Å². The van der Waals surface area contributed by atoms with Crippen molar-refractivity contribution in [3.8, 4) is 23.0 Å². The van der Waals surface area contributed by atoms with Gasteiger partial charge < -0.3 is 28.4 Å². The molecule has 0 bridgehead atoms. The Labute approximate surface area is 173 Å². The third kappa shape index (κ3) is 3.08. The number of fused-ring (bicyclic) bond motifs is 1. The van der Waals surface area contributed by atoms with Gasteiger partial charge in [0.15, 0.2) is 23.0 Å². The molecule has 0 amide bonds. The van der Waals surface area contributed by atoms with Crippen LogP contribution >= 0.6 is 0 Å². The molecule has 2 aromatic rings. The van der Waals surface area contributed by atoms with Gasteiger partial charge in [0.2, 0.25) is 0 Å². The summed E-state index contributed by atoms with van der Waals surface area (Å²) in [7, 11) is 6.10. The number of carbonyl (C=O) groups excluding carboxylic acids is 2. The molecule has 0 N–H and O–H groups in total. The molecule has 8 heteroatoms. The Bertz CT molecular complexity index is 906. The van der Waals surface area contributed by atoms with Crippen molar-refractivity contribution in [1.82, 2.24) is 0 Å². The molecule has 2 aliphatic heterocycles. The summed E-state index contributed by atoms with van der Waals surface area (Å²) >= 11 is 0. The molecular formula is C22H22O8. The van der Waals surface area contributed by atoms with Crippen molar-refractivity contribution < 1.29 is 38.0 Å². The van der Waals surface area contributed by atoms with Crippen molar-refractivity contribution >= 4 is 11.9 Å². The van der Waals surface area contributed by atoms with Gasteiger partial charge in [-0.2, -0.15) is 0 Å². The van der Waals surface area contributed by atoms with E-state index in [1.54, 1.807) is 36.4 Å². The number of cyclic esters (lactones) is 2. The minimum absolute atomic E-state index is 0.481. The van der Waals surface area contributed by atoms with Gasteiger partial charge in [-0.25, -0.2) is 0 Å². The molecule has 0 aromatic heterocycles. The summed E-state index contributed by atoms with van der Waals surface area (Å²) in [4.78, 5) is 25.5. The van der Waals surface area contributed by atoms with Crippen molar-refractivity contribution in [2.45, 2.75) is 12.2 Å². The van der Waals surface area contributed by atoms with Crippen LogP contribution in [0, 0.1) is 11.8 Å².